The third kappa shape index (κ3) is 2.78. The molecule has 0 saturated carbocycles. The highest BCUT2D eigenvalue weighted by atomic mass is 16.6. The van der Waals surface area contributed by atoms with Crippen LogP contribution in [0.4, 0.5) is 5.69 Å². The number of fused-ring (bicyclic) bond motifs is 1. The van der Waals surface area contributed by atoms with Crippen molar-refractivity contribution < 1.29 is 14.3 Å². The monoisotopic (exact) mass is 289 g/mol. The quantitative estimate of drug-likeness (QED) is 0.725. The Kier molecular flexibility index (Phi) is 3.19. The van der Waals surface area contributed by atoms with Gasteiger partial charge in [-0.3, -0.25) is 14.6 Å². The summed E-state index contributed by atoms with van der Waals surface area (Å²) in [5.74, 6) is 0.525. The molecule has 0 bridgehead atoms. The number of aromatic amines is 2. The number of rotatable bonds is 2. The van der Waals surface area contributed by atoms with E-state index in [0.717, 1.165) is 6.07 Å². The van der Waals surface area contributed by atoms with Crippen molar-refractivity contribution in [3.05, 3.63) is 50.8 Å². The Morgan fingerprint density at radius 1 is 1.05 bits per heavy atom. The highest BCUT2D eigenvalue weighted by Crippen LogP contribution is 2.32. The number of carbonyl (C=O) groups excluding carboxylic acids is 1. The van der Waals surface area contributed by atoms with Gasteiger partial charge in [0.05, 0.1) is 0 Å². The number of hydrogen-bond acceptors (Lipinski definition) is 5. The maximum Gasteiger partial charge on any atom is 0.326 e. The van der Waals surface area contributed by atoms with E-state index in [-0.39, 0.29) is 5.69 Å². The van der Waals surface area contributed by atoms with Crippen LogP contribution in [0.1, 0.15) is 10.5 Å². The summed E-state index contributed by atoms with van der Waals surface area (Å²) in [4.78, 5) is 38.5. The van der Waals surface area contributed by atoms with E-state index in [2.05, 4.69) is 10.3 Å². The average Bonchev–Trinajstić information content (AvgIpc) is 2.46. The molecule has 0 spiro atoms. The van der Waals surface area contributed by atoms with E-state index in [0.29, 0.717) is 30.4 Å². The Bertz CT molecular complexity index is 780. The Labute approximate surface area is 117 Å². The normalized spacial score (nSPS) is 12.8. The predicted molar refractivity (Wildman–Crippen MR) is 73.1 cm³/mol. The molecule has 1 aromatic heterocycles. The molecule has 0 fully saturated rings. The second-order valence-electron chi connectivity index (χ2n) is 4.31. The average molecular weight is 289 g/mol. The number of nitrogens with one attached hydrogen (secondary N) is 3. The summed E-state index contributed by atoms with van der Waals surface area (Å²) in [7, 11) is 0. The van der Waals surface area contributed by atoms with Crippen LogP contribution in [0, 0.1) is 0 Å². The Balaban J connectivity index is 1.84. The Morgan fingerprint density at radius 2 is 1.81 bits per heavy atom. The number of carbonyl (C=O) groups is 1. The molecule has 0 atom stereocenters. The molecule has 108 valence electrons. The largest absolute Gasteiger partial charge is 0.486 e. The van der Waals surface area contributed by atoms with Crippen molar-refractivity contribution in [1.82, 2.24) is 9.97 Å². The molecule has 2 heterocycles. The number of H-pyrrole nitrogens is 2. The molecular formula is C13H11N3O5. The van der Waals surface area contributed by atoms with E-state index >= 15 is 0 Å². The molecule has 1 aliphatic heterocycles. The maximum absolute atomic E-state index is 12.0. The van der Waals surface area contributed by atoms with Crippen LogP contribution in [0.2, 0.25) is 0 Å². The first-order valence-electron chi connectivity index (χ1n) is 6.16. The molecule has 8 nitrogen and oxygen atoms in total. The molecule has 0 aliphatic carbocycles. The van der Waals surface area contributed by atoms with E-state index in [1.54, 1.807) is 18.2 Å². The molecule has 8 heteroatoms. The van der Waals surface area contributed by atoms with Crippen LogP contribution in [-0.2, 0) is 0 Å². The van der Waals surface area contributed by atoms with Gasteiger partial charge in [-0.2, -0.15) is 0 Å². The van der Waals surface area contributed by atoms with Crippen LogP contribution < -0.4 is 26.0 Å². The number of benzene rings is 1. The summed E-state index contributed by atoms with van der Waals surface area (Å²) in [6.07, 6.45) is 0. The van der Waals surface area contributed by atoms with Crippen molar-refractivity contribution in [3.63, 3.8) is 0 Å². The maximum atomic E-state index is 12.0. The third-order valence-electron chi connectivity index (χ3n) is 2.81. The molecule has 1 amide bonds. The Hall–Kier alpha value is -3.03. The molecule has 3 rings (SSSR count). The molecule has 0 saturated heterocycles. The molecule has 1 aromatic carbocycles. The van der Waals surface area contributed by atoms with Gasteiger partial charge in [-0.25, -0.2) is 4.79 Å². The SMILES string of the molecule is O=C(Nc1ccc2c(c1)OCCO2)c1cc(=O)[nH]c(=O)[nH]1. The van der Waals surface area contributed by atoms with Gasteiger partial charge < -0.3 is 19.8 Å². The van der Waals surface area contributed by atoms with Crippen LogP contribution in [0.5, 0.6) is 11.5 Å². The lowest BCUT2D eigenvalue weighted by atomic mass is 10.2. The van der Waals surface area contributed by atoms with Crippen molar-refractivity contribution in [1.29, 1.82) is 0 Å². The van der Waals surface area contributed by atoms with Crippen molar-refractivity contribution >= 4 is 11.6 Å². The summed E-state index contributed by atoms with van der Waals surface area (Å²) in [6, 6.07) is 5.92. The molecule has 0 radical (unpaired) electrons. The van der Waals surface area contributed by atoms with Crippen molar-refractivity contribution in [2.75, 3.05) is 18.5 Å². The minimum atomic E-state index is -0.741. The smallest absolute Gasteiger partial charge is 0.326 e. The van der Waals surface area contributed by atoms with E-state index in [1.165, 1.54) is 0 Å². The van der Waals surface area contributed by atoms with Crippen LogP contribution >= 0.6 is 0 Å². The third-order valence-corrected chi connectivity index (χ3v) is 2.81. The number of anilines is 1. The second kappa shape index (κ2) is 5.16. The molecule has 0 unspecified atom stereocenters. The zero-order chi connectivity index (χ0) is 14.8. The van der Waals surface area contributed by atoms with Gasteiger partial charge in [-0.1, -0.05) is 0 Å². The van der Waals surface area contributed by atoms with E-state index < -0.39 is 17.2 Å². The first kappa shape index (κ1) is 13.0. The van der Waals surface area contributed by atoms with Crippen LogP contribution in [0.3, 0.4) is 0 Å². The van der Waals surface area contributed by atoms with Crippen molar-refractivity contribution in [3.8, 4) is 11.5 Å². The molecule has 3 N–H and O–H groups in total. The Morgan fingerprint density at radius 3 is 2.57 bits per heavy atom. The van der Waals surface area contributed by atoms with Crippen molar-refractivity contribution in [2.24, 2.45) is 0 Å². The van der Waals surface area contributed by atoms with Crippen LogP contribution in [0.15, 0.2) is 33.9 Å². The summed E-state index contributed by atoms with van der Waals surface area (Å²) in [5, 5.41) is 2.57. The number of ether oxygens (including phenoxy) is 2. The summed E-state index contributed by atoms with van der Waals surface area (Å²) < 4.78 is 10.8. The minimum Gasteiger partial charge on any atom is -0.486 e. The molecule has 2 aromatic rings. The fraction of sp³-hybridized carbons (Fsp3) is 0.154. The van der Waals surface area contributed by atoms with Gasteiger partial charge in [0.15, 0.2) is 11.5 Å². The summed E-state index contributed by atoms with van der Waals surface area (Å²) in [5.41, 5.74) is -1.05. The van der Waals surface area contributed by atoms with Gasteiger partial charge in [0.1, 0.15) is 18.9 Å². The number of hydrogen-bond donors (Lipinski definition) is 3. The standard InChI is InChI=1S/C13H11N3O5/c17-11-6-8(15-13(19)16-11)12(18)14-7-1-2-9-10(5-7)21-4-3-20-9/h1-2,5-6H,3-4H2,(H,14,18)(H2,15,16,17,19). The van der Waals surface area contributed by atoms with Gasteiger partial charge >= 0.3 is 5.69 Å². The van der Waals surface area contributed by atoms with Crippen LogP contribution in [0.25, 0.3) is 0 Å². The lowest BCUT2D eigenvalue weighted by molar-refractivity contribution is 0.102. The lowest BCUT2D eigenvalue weighted by Gasteiger charge is -2.18. The fourth-order valence-corrected chi connectivity index (χ4v) is 1.91. The van der Waals surface area contributed by atoms with E-state index in [9.17, 15) is 14.4 Å². The number of aromatic nitrogens is 2. The van der Waals surface area contributed by atoms with Gasteiger partial charge in [-0.05, 0) is 12.1 Å². The fourth-order valence-electron chi connectivity index (χ4n) is 1.91. The van der Waals surface area contributed by atoms with Gasteiger partial charge in [0, 0.05) is 17.8 Å². The lowest BCUT2D eigenvalue weighted by Crippen LogP contribution is -2.27. The van der Waals surface area contributed by atoms with Crippen LogP contribution in [-0.4, -0.2) is 29.1 Å². The summed E-state index contributed by atoms with van der Waals surface area (Å²) >= 11 is 0. The zero-order valence-corrected chi connectivity index (χ0v) is 10.8. The van der Waals surface area contributed by atoms with Crippen molar-refractivity contribution in [2.45, 2.75) is 0 Å². The van der Waals surface area contributed by atoms with E-state index in [1.807, 2.05) is 4.98 Å². The number of amides is 1. The topological polar surface area (TPSA) is 113 Å². The predicted octanol–water partition coefficient (Wildman–Crippen LogP) is 0.0867. The summed E-state index contributed by atoms with van der Waals surface area (Å²) in [6.45, 7) is 0.915. The highest BCUT2D eigenvalue weighted by molar-refractivity contribution is 6.02. The molecule has 21 heavy (non-hydrogen) atoms. The van der Waals surface area contributed by atoms with Gasteiger partial charge in [0.2, 0.25) is 0 Å². The molecule has 1 aliphatic rings. The second-order valence-corrected chi connectivity index (χ2v) is 4.31. The minimum absolute atomic E-state index is 0.126. The zero-order valence-electron chi connectivity index (χ0n) is 10.8. The van der Waals surface area contributed by atoms with E-state index in [4.69, 9.17) is 9.47 Å². The van der Waals surface area contributed by atoms with Gasteiger partial charge in [0.25, 0.3) is 11.5 Å². The van der Waals surface area contributed by atoms with Gasteiger partial charge in [-0.15, -0.1) is 0 Å². The molecular weight excluding hydrogens is 278 g/mol. The first-order valence-corrected chi connectivity index (χ1v) is 6.16. The first-order chi connectivity index (χ1) is 10.1. The highest BCUT2D eigenvalue weighted by Gasteiger charge is 2.14.